The zero-order chi connectivity index (χ0) is 38.0. The van der Waals surface area contributed by atoms with Crippen molar-refractivity contribution in [1.82, 2.24) is 30.6 Å². The summed E-state index contributed by atoms with van der Waals surface area (Å²) in [6, 6.07) is 2.77. The van der Waals surface area contributed by atoms with Gasteiger partial charge in [0.15, 0.2) is 0 Å². The van der Waals surface area contributed by atoms with Gasteiger partial charge in [0, 0.05) is 23.2 Å². The van der Waals surface area contributed by atoms with Crippen LogP contribution in [-0.2, 0) is 14.3 Å². The van der Waals surface area contributed by atoms with Gasteiger partial charge < -0.3 is 31.4 Å². The van der Waals surface area contributed by atoms with Crippen LogP contribution in [0.4, 0.5) is 0 Å². The summed E-state index contributed by atoms with van der Waals surface area (Å²) in [6.07, 6.45) is 16.2. The normalized spacial score (nSPS) is 29.4. The summed E-state index contributed by atoms with van der Waals surface area (Å²) in [5, 5.41) is 16.1. The number of carbonyl (C=O) groups is 4. The summed E-state index contributed by atoms with van der Waals surface area (Å²) in [5.74, 6) is 3.01. The third-order valence-corrected chi connectivity index (χ3v) is 14.0. The number of nitrogens with zero attached hydrogens (tertiary/aromatic N) is 2. The fourth-order valence-corrected chi connectivity index (χ4v) is 12.5. The Kier molecular flexibility index (Phi) is 16.1. The van der Waals surface area contributed by atoms with Crippen LogP contribution in [0.15, 0.2) is 31.8 Å². The quantitative estimate of drug-likeness (QED) is 0.0608. The van der Waals surface area contributed by atoms with Gasteiger partial charge >= 0.3 is 42.2 Å². The molecule has 0 spiro atoms. The van der Waals surface area contributed by atoms with E-state index >= 15 is 0 Å². The summed E-state index contributed by atoms with van der Waals surface area (Å²) in [5.41, 5.74) is -1.54. The smallest absolute Gasteiger partial charge is 0.870 e. The summed E-state index contributed by atoms with van der Waals surface area (Å²) in [7, 11) is 0. The molecule has 8 aliphatic rings. The fraction of sp³-hybridized carbons (Fsp3) is 0.684. The summed E-state index contributed by atoms with van der Waals surface area (Å²) < 4.78 is 5.14. The predicted octanol–water partition coefficient (Wildman–Crippen LogP) is 0.552. The number of rotatable bonds is 13. The number of carboxylic acids is 1. The van der Waals surface area contributed by atoms with Gasteiger partial charge in [-0.05, 0) is 119 Å². The van der Waals surface area contributed by atoms with Crippen LogP contribution < -0.4 is 40.9 Å². The molecular formula is C38H53LiN6O10S2. The average Bonchev–Trinajstić information content (AvgIpc) is 3.08. The molecule has 10 rings (SSSR count). The molecule has 308 valence electrons. The van der Waals surface area contributed by atoms with E-state index in [2.05, 4.69) is 30.6 Å². The molecule has 0 saturated heterocycles. The molecule has 2 amide bonds. The van der Waals surface area contributed by atoms with Gasteiger partial charge in [-0.15, -0.1) is 0 Å². The van der Waals surface area contributed by atoms with Crippen LogP contribution in [-0.4, -0.2) is 88.9 Å². The largest absolute Gasteiger partial charge is 1.00 e. The minimum absolute atomic E-state index is 0. The Morgan fingerprint density at radius 3 is 1.47 bits per heavy atom. The molecule has 8 aliphatic carbocycles. The Balaban J connectivity index is 0.000000242. The molecule has 0 aliphatic heterocycles. The van der Waals surface area contributed by atoms with E-state index in [1.165, 1.54) is 62.4 Å². The van der Waals surface area contributed by atoms with Gasteiger partial charge in [0.2, 0.25) is 11.8 Å². The third kappa shape index (κ3) is 11.8. The number of carboxylic acid groups (broad SMARTS) is 1. The number of hydrogen-bond acceptors (Lipinski definition) is 12. The van der Waals surface area contributed by atoms with Crippen LogP contribution in [0.25, 0.3) is 0 Å². The maximum absolute atomic E-state index is 12.6. The minimum Gasteiger partial charge on any atom is -0.870 e. The Morgan fingerprint density at radius 1 is 0.737 bits per heavy atom. The third-order valence-electron chi connectivity index (χ3n) is 12.2. The maximum atomic E-state index is 12.6. The topological polar surface area (TPSA) is 275 Å². The molecule has 0 atom stereocenters. The second kappa shape index (κ2) is 19.7. The number of carbonyl (C=O) groups excluding carboxylic acids is 3. The minimum atomic E-state index is -1.22. The number of ether oxygens (including phenoxy) is 1. The van der Waals surface area contributed by atoms with Crippen LogP contribution in [0.2, 0.25) is 0 Å². The van der Waals surface area contributed by atoms with Gasteiger partial charge in [-0.25, -0.2) is 19.2 Å². The monoisotopic (exact) mass is 824 g/mol. The number of H-pyrrole nitrogens is 2. The molecule has 0 unspecified atom stereocenters. The number of aromatic carboxylic acids is 1. The molecule has 16 nitrogen and oxygen atoms in total. The van der Waals surface area contributed by atoms with Gasteiger partial charge in [-0.2, -0.15) is 9.97 Å². The second-order valence-corrected chi connectivity index (χ2v) is 18.7. The molecule has 2 aromatic heterocycles. The van der Waals surface area contributed by atoms with E-state index < -0.39 is 23.3 Å². The summed E-state index contributed by atoms with van der Waals surface area (Å²) in [6.45, 7) is 2.32. The van der Waals surface area contributed by atoms with E-state index in [9.17, 15) is 28.8 Å². The number of unbranched alkanes of at least 4 members (excludes halogenated alkanes) is 1. The fourth-order valence-electron chi connectivity index (χ4n) is 11.1. The number of aromatic amines is 2. The molecule has 8 bridgehead atoms. The summed E-state index contributed by atoms with van der Waals surface area (Å²) in [4.78, 5) is 83.5. The Bertz CT molecular complexity index is 1820. The van der Waals surface area contributed by atoms with Crippen molar-refractivity contribution < 1.29 is 58.8 Å². The van der Waals surface area contributed by atoms with E-state index in [1.54, 1.807) is 0 Å². The molecule has 0 radical (unpaired) electrons. The molecule has 0 aromatic carbocycles. The first-order valence-corrected chi connectivity index (χ1v) is 21.3. The van der Waals surface area contributed by atoms with Crippen molar-refractivity contribution in [3.05, 3.63) is 44.5 Å². The van der Waals surface area contributed by atoms with E-state index in [4.69, 9.17) is 9.84 Å². The summed E-state index contributed by atoms with van der Waals surface area (Å²) >= 11 is 2.28. The van der Waals surface area contributed by atoms with Gasteiger partial charge in [-0.1, -0.05) is 36.9 Å². The van der Waals surface area contributed by atoms with Crippen molar-refractivity contribution in [1.29, 1.82) is 0 Å². The zero-order valence-corrected chi connectivity index (χ0v) is 34.2. The molecule has 2 heterocycles. The molecule has 2 aromatic rings. The first kappa shape index (κ1) is 46.5. The number of thioether (sulfide) groups is 2. The number of amides is 2. The van der Waals surface area contributed by atoms with Gasteiger partial charge in [0.05, 0.1) is 18.1 Å². The Hall–Kier alpha value is -3.14. The van der Waals surface area contributed by atoms with Gasteiger partial charge in [0.1, 0.15) is 21.4 Å². The number of esters is 1. The van der Waals surface area contributed by atoms with E-state index in [0.29, 0.717) is 11.6 Å². The number of nitrogens with one attached hydrogen (secondary N) is 4. The van der Waals surface area contributed by atoms with E-state index in [0.717, 1.165) is 98.6 Å². The second-order valence-electron chi connectivity index (χ2n) is 16.7. The van der Waals surface area contributed by atoms with Crippen LogP contribution in [0.3, 0.4) is 0 Å². The van der Waals surface area contributed by atoms with E-state index in [-0.39, 0.29) is 80.6 Å². The van der Waals surface area contributed by atoms with Crippen molar-refractivity contribution in [2.45, 2.75) is 118 Å². The Labute approximate surface area is 351 Å². The van der Waals surface area contributed by atoms with Crippen molar-refractivity contribution in [2.24, 2.45) is 35.5 Å². The average molecular weight is 825 g/mol. The van der Waals surface area contributed by atoms with Crippen LogP contribution in [0.1, 0.15) is 118 Å². The molecule has 19 heteroatoms. The van der Waals surface area contributed by atoms with Crippen LogP contribution in [0, 0.1) is 35.5 Å². The van der Waals surface area contributed by atoms with Crippen LogP contribution >= 0.6 is 23.5 Å². The molecular weight excluding hydrogens is 772 g/mol. The maximum Gasteiger partial charge on any atom is 1.00 e. The zero-order valence-electron chi connectivity index (χ0n) is 32.6. The SMILES string of the molecule is CCCCOC(=O)c1cc(SCC(=O)NC23CC4CC(CC(C4)C2)C3)nc(=O)[nH]1.O.O=C(CSc1cc(C(=O)O)[nH]c(=O)n1)NC12CC3CC(CC(C3)C1)C2.[Li+].[OH-]. The van der Waals surface area contributed by atoms with Crippen molar-refractivity contribution in [3.8, 4) is 0 Å². The predicted molar refractivity (Wildman–Crippen MR) is 207 cm³/mol. The standard InChI is InChI=1S/C21H29N3O4S.C17H21N3O4S.Li.2H2O/c1-2-3-4-28-19(26)16-8-18(23-20(27)22-16)29-12-17(25)24-21-9-13-5-14(10-21)7-15(6-13)11-21;21-13(8-25-14-4-12(15(22)23)18-16(24)19-14)20-17-5-9-1-10(6-17)3-11(2-9)7-17;;;/h8,13-15H,2-7,9-12H2,1H3,(H,24,25)(H,22,23,27);4,9-11H,1-3,5-8H2,(H,20,21)(H,22,23)(H,18,19,24);;2*1H2/q;;+1;;/p-1. The first-order valence-electron chi connectivity index (χ1n) is 19.4. The number of aromatic nitrogens is 4. The van der Waals surface area contributed by atoms with Crippen molar-refractivity contribution >= 4 is 47.3 Å². The molecule has 8 N–H and O–H groups in total. The molecule has 8 fully saturated rings. The van der Waals surface area contributed by atoms with E-state index in [1.807, 2.05) is 6.92 Å². The molecule has 8 saturated carbocycles. The molecule has 57 heavy (non-hydrogen) atoms. The van der Waals surface area contributed by atoms with Crippen molar-refractivity contribution in [2.75, 3.05) is 18.1 Å². The Morgan fingerprint density at radius 2 is 1.11 bits per heavy atom. The van der Waals surface area contributed by atoms with Gasteiger partial charge in [0.25, 0.3) is 0 Å². The van der Waals surface area contributed by atoms with Crippen molar-refractivity contribution in [3.63, 3.8) is 0 Å². The number of hydrogen-bond donors (Lipinski definition) is 5. The first-order chi connectivity index (χ1) is 25.8. The van der Waals surface area contributed by atoms with Crippen LogP contribution in [0.5, 0.6) is 0 Å². The van der Waals surface area contributed by atoms with Gasteiger partial charge in [-0.3, -0.25) is 19.6 Å².